The third-order valence-corrected chi connectivity index (χ3v) is 2.56. The molecule has 2 atom stereocenters. The number of aryl methyl sites for hydroxylation is 2. The predicted octanol–water partition coefficient (Wildman–Crippen LogP) is 0.932. The number of nitrogens with two attached hydrogens (primary N) is 1. The van der Waals surface area contributed by atoms with Crippen LogP contribution in [0.4, 0.5) is 0 Å². The van der Waals surface area contributed by atoms with E-state index in [0.29, 0.717) is 6.42 Å². The minimum Gasteiger partial charge on any atom is -0.391 e. The first-order valence-corrected chi connectivity index (χ1v) is 4.91. The van der Waals surface area contributed by atoms with Crippen LogP contribution < -0.4 is 5.73 Å². The molecule has 80 valence electrons. The van der Waals surface area contributed by atoms with E-state index in [-0.39, 0.29) is 6.04 Å². The van der Waals surface area contributed by atoms with Crippen molar-refractivity contribution < 1.29 is 9.63 Å². The van der Waals surface area contributed by atoms with Gasteiger partial charge in [0.2, 0.25) is 0 Å². The molecule has 0 aliphatic heterocycles. The normalized spacial score (nSPS) is 15.5. The lowest BCUT2D eigenvalue weighted by molar-refractivity contribution is 0.142. The Morgan fingerprint density at radius 1 is 1.50 bits per heavy atom. The third kappa shape index (κ3) is 2.33. The topological polar surface area (TPSA) is 72.3 Å². The molecule has 3 N–H and O–H groups in total. The second kappa shape index (κ2) is 4.57. The summed E-state index contributed by atoms with van der Waals surface area (Å²) >= 11 is 0. The zero-order chi connectivity index (χ0) is 10.7. The highest BCUT2D eigenvalue weighted by molar-refractivity contribution is 5.21. The fraction of sp³-hybridized carbons (Fsp3) is 0.700. The van der Waals surface area contributed by atoms with Crippen LogP contribution in [0.5, 0.6) is 0 Å². The van der Waals surface area contributed by atoms with E-state index in [4.69, 9.17) is 10.3 Å². The fourth-order valence-corrected chi connectivity index (χ4v) is 1.43. The van der Waals surface area contributed by atoms with E-state index in [1.165, 1.54) is 0 Å². The van der Waals surface area contributed by atoms with Crippen molar-refractivity contribution in [2.75, 3.05) is 0 Å². The summed E-state index contributed by atoms with van der Waals surface area (Å²) in [7, 11) is 0. The Morgan fingerprint density at radius 3 is 2.57 bits per heavy atom. The second-order valence-corrected chi connectivity index (χ2v) is 3.65. The molecule has 4 heteroatoms. The van der Waals surface area contributed by atoms with Gasteiger partial charge in [0.15, 0.2) is 0 Å². The Kier molecular flexibility index (Phi) is 3.66. The van der Waals surface area contributed by atoms with E-state index in [9.17, 15) is 5.11 Å². The highest BCUT2D eigenvalue weighted by Crippen LogP contribution is 2.15. The van der Waals surface area contributed by atoms with Crippen LogP contribution in [0.3, 0.4) is 0 Å². The number of aliphatic hydroxyl groups excluding tert-OH is 1. The van der Waals surface area contributed by atoms with Crippen molar-refractivity contribution in [1.29, 1.82) is 0 Å². The first kappa shape index (κ1) is 11.2. The van der Waals surface area contributed by atoms with Gasteiger partial charge in [0.25, 0.3) is 0 Å². The Hall–Kier alpha value is -0.870. The Labute approximate surface area is 84.1 Å². The fourth-order valence-electron chi connectivity index (χ4n) is 1.43. The maximum atomic E-state index is 9.74. The molecule has 0 aromatic carbocycles. The van der Waals surface area contributed by atoms with Gasteiger partial charge in [-0.1, -0.05) is 12.1 Å². The zero-order valence-electron chi connectivity index (χ0n) is 8.95. The van der Waals surface area contributed by atoms with Crippen LogP contribution in [0, 0.1) is 13.8 Å². The van der Waals surface area contributed by atoms with Crippen LogP contribution in [0.25, 0.3) is 0 Å². The smallest absolute Gasteiger partial charge is 0.137 e. The summed E-state index contributed by atoms with van der Waals surface area (Å²) < 4.78 is 5.01. The first-order chi connectivity index (χ1) is 6.56. The van der Waals surface area contributed by atoms with E-state index in [1.807, 2.05) is 20.8 Å². The van der Waals surface area contributed by atoms with Gasteiger partial charge in [-0.05, 0) is 20.3 Å². The van der Waals surface area contributed by atoms with Crippen molar-refractivity contribution in [1.82, 2.24) is 5.16 Å². The van der Waals surface area contributed by atoms with Gasteiger partial charge in [-0.25, -0.2) is 0 Å². The van der Waals surface area contributed by atoms with Crippen molar-refractivity contribution in [3.8, 4) is 0 Å². The number of aliphatic hydroxyl groups is 1. The maximum absolute atomic E-state index is 9.74. The van der Waals surface area contributed by atoms with Crippen LogP contribution in [-0.4, -0.2) is 22.4 Å². The number of nitrogens with zero attached hydrogens (tertiary/aromatic N) is 1. The highest BCUT2D eigenvalue weighted by Gasteiger charge is 2.18. The number of rotatable bonds is 4. The Bertz CT molecular complexity index is 277. The van der Waals surface area contributed by atoms with E-state index in [1.54, 1.807) is 0 Å². The Balaban J connectivity index is 2.68. The monoisotopic (exact) mass is 198 g/mol. The zero-order valence-corrected chi connectivity index (χ0v) is 8.95. The van der Waals surface area contributed by atoms with Gasteiger partial charge in [0.05, 0.1) is 11.8 Å². The largest absolute Gasteiger partial charge is 0.391 e. The van der Waals surface area contributed by atoms with E-state index >= 15 is 0 Å². The SMILES string of the molecule is CCC(N)C(O)Cc1c(C)noc1C. The molecule has 0 saturated carbocycles. The minimum atomic E-state index is -0.517. The molecule has 1 aromatic heterocycles. The summed E-state index contributed by atoms with van der Waals surface area (Å²) in [5.41, 5.74) is 7.54. The molecule has 0 fully saturated rings. The van der Waals surface area contributed by atoms with Gasteiger partial charge in [-0.2, -0.15) is 0 Å². The Morgan fingerprint density at radius 2 is 2.14 bits per heavy atom. The van der Waals surface area contributed by atoms with Crippen molar-refractivity contribution in [2.45, 2.75) is 45.8 Å². The van der Waals surface area contributed by atoms with Crippen molar-refractivity contribution >= 4 is 0 Å². The summed E-state index contributed by atoms with van der Waals surface area (Å²) in [4.78, 5) is 0. The molecule has 1 heterocycles. The van der Waals surface area contributed by atoms with Crippen molar-refractivity contribution in [3.05, 3.63) is 17.0 Å². The van der Waals surface area contributed by atoms with Crippen LogP contribution in [0.2, 0.25) is 0 Å². The third-order valence-electron chi connectivity index (χ3n) is 2.56. The maximum Gasteiger partial charge on any atom is 0.137 e. The highest BCUT2D eigenvalue weighted by atomic mass is 16.5. The van der Waals surface area contributed by atoms with Gasteiger partial charge in [0.1, 0.15) is 5.76 Å². The lowest BCUT2D eigenvalue weighted by Crippen LogP contribution is -2.35. The minimum absolute atomic E-state index is 0.177. The number of hydrogen-bond acceptors (Lipinski definition) is 4. The molecule has 0 radical (unpaired) electrons. The molecule has 0 amide bonds. The van der Waals surface area contributed by atoms with Crippen molar-refractivity contribution in [3.63, 3.8) is 0 Å². The van der Waals surface area contributed by atoms with Gasteiger partial charge < -0.3 is 15.4 Å². The predicted molar refractivity (Wildman–Crippen MR) is 54.0 cm³/mol. The van der Waals surface area contributed by atoms with E-state index in [0.717, 1.165) is 23.4 Å². The van der Waals surface area contributed by atoms with Crippen molar-refractivity contribution in [2.24, 2.45) is 5.73 Å². The average molecular weight is 198 g/mol. The molecular weight excluding hydrogens is 180 g/mol. The van der Waals surface area contributed by atoms with Crippen LogP contribution in [0.15, 0.2) is 4.52 Å². The molecular formula is C10H18N2O2. The van der Waals surface area contributed by atoms with Gasteiger partial charge in [-0.3, -0.25) is 0 Å². The average Bonchev–Trinajstić information content (AvgIpc) is 2.48. The molecule has 0 saturated heterocycles. The molecule has 0 aliphatic rings. The lowest BCUT2D eigenvalue weighted by Gasteiger charge is -2.16. The molecule has 1 aromatic rings. The summed E-state index contributed by atoms with van der Waals surface area (Å²) in [5.74, 6) is 0.768. The van der Waals surface area contributed by atoms with Crippen LogP contribution in [-0.2, 0) is 6.42 Å². The van der Waals surface area contributed by atoms with Crippen LogP contribution >= 0.6 is 0 Å². The molecule has 0 aliphatic carbocycles. The molecule has 14 heavy (non-hydrogen) atoms. The van der Waals surface area contributed by atoms with E-state index < -0.39 is 6.10 Å². The van der Waals surface area contributed by atoms with E-state index in [2.05, 4.69) is 5.16 Å². The molecule has 4 nitrogen and oxygen atoms in total. The molecule has 0 bridgehead atoms. The van der Waals surface area contributed by atoms with Gasteiger partial charge >= 0.3 is 0 Å². The standard InChI is InChI=1S/C10H18N2O2/c1-4-9(11)10(13)5-8-6(2)12-14-7(8)3/h9-10,13H,4-5,11H2,1-3H3. The van der Waals surface area contributed by atoms with Gasteiger partial charge in [-0.15, -0.1) is 0 Å². The number of hydrogen-bond donors (Lipinski definition) is 2. The second-order valence-electron chi connectivity index (χ2n) is 3.65. The number of aromatic nitrogens is 1. The molecule has 2 unspecified atom stereocenters. The first-order valence-electron chi connectivity index (χ1n) is 4.91. The summed E-state index contributed by atoms with van der Waals surface area (Å²) in [6.45, 7) is 5.68. The quantitative estimate of drug-likeness (QED) is 0.755. The molecule has 1 rings (SSSR count). The molecule has 0 spiro atoms. The van der Waals surface area contributed by atoms with Gasteiger partial charge in [0, 0.05) is 18.0 Å². The van der Waals surface area contributed by atoms with Crippen LogP contribution in [0.1, 0.15) is 30.4 Å². The summed E-state index contributed by atoms with van der Waals surface area (Å²) in [5, 5.41) is 13.6. The summed E-state index contributed by atoms with van der Waals surface area (Å²) in [6.07, 6.45) is 0.776. The lowest BCUT2D eigenvalue weighted by atomic mass is 10.0. The summed E-state index contributed by atoms with van der Waals surface area (Å²) in [6, 6.07) is -0.177.